The van der Waals surface area contributed by atoms with Crippen LogP contribution in [0.25, 0.3) is 0 Å². The van der Waals surface area contributed by atoms with Gasteiger partial charge in [0, 0.05) is 6.42 Å². The fourth-order valence-corrected chi connectivity index (χ4v) is 2.87. The second-order valence-electron chi connectivity index (χ2n) is 6.82. The molecule has 1 aromatic carbocycles. The molecule has 1 amide bonds. The molecule has 29 heavy (non-hydrogen) atoms. The van der Waals surface area contributed by atoms with Crippen molar-refractivity contribution in [3.05, 3.63) is 35.9 Å². The van der Waals surface area contributed by atoms with E-state index in [2.05, 4.69) is 21.2 Å². The fraction of sp³-hybridized carbons (Fsp3) is 0.500. The highest BCUT2D eigenvalue weighted by atomic mass is 79.9. The molecule has 0 heterocycles. The second kappa shape index (κ2) is 11.7. The van der Waals surface area contributed by atoms with Crippen molar-refractivity contribution in [3.8, 4) is 0 Å². The summed E-state index contributed by atoms with van der Waals surface area (Å²) in [7, 11) is 0. The minimum absolute atomic E-state index is 0.0398. The summed E-state index contributed by atoms with van der Waals surface area (Å²) in [5, 5.41) is 11.8. The van der Waals surface area contributed by atoms with Gasteiger partial charge in [0.25, 0.3) is 5.91 Å². The van der Waals surface area contributed by atoms with Crippen LogP contribution in [0.15, 0.2) is 30.3 Å². The predicted molar refractivity (Wildman–Crippen MR) is 110 cm³/mol. The van der Waals surface area contributed by atoms with Gasteiger partial charge in [-0.2, -0.15) is 0 Å². The predicted octanol–water partition coefficient (Wildman–Crippen LogP) is 1.79. The number of nitrogens with two attached hydrogens (primary N) is 1. The lowest BCUT2D eigenvalue weighted by Gasteiger charge is -2.32. The molecule has 1 rings (SSSR count). The maximum atomic E-state index is 12.9. The van der Waals surface area contributed by atoms with E-state index in [1.165, 1.54) is 0 Å². The Labute approximate surface area is 178 Å². The Morgan fingerprint density at radius 1 is 1.24 bits per heavy atom. The molecule has 0 bridgehead atoms. The first-order valence-corrected chi connectivity index (χ1v) is 10.4. The Balaban J connectivity index is 2.94. The molecule has 0 aliphatic heterocycles. The smallest absolute Gasteiger partial charge is 0.336 e. The average molecular weight is 471 g/mol. The van der Waals surface area contributed by atoms with Gasteiger partial charge in [0.05, 0.1) is 5.33 Å². The molecule has 0 aromatic heterocycles. The van der Waals surface area contributed by atoms with Gasteiger partial charge >= 0.3 is 11.9 Å². The Morgan fingerprint density at radius 3 is 2.38 bits per heavy atom. The zero-order valence-corrected chi connectivity index (χ0v) is 18.1. The molecule has 0 saturated heterocycles. The number of halogens is 1. The number of esters is 1. The van der Waals surface area contributed by atoms with Gasteiger partial charge in [-0.25, -0.2) is 9.59 Å². The van der Waals surface area contributed by atoms with Crippen molar-refractivity contribution in [2.45, 2.75) is 51.3 Å². The number of nitrogens with one attached hydrogen (secondary N) is 1. The number of Topliss-reactive ketones (excluding diaryl/α,β-unsaturated/α-hetero) is 1. The molecule has 0 spiro atoms. The monoisotopic (exact) mass is 470 g/mol. The first-order valence-electron chi connectivity index (χ1n) is 9.28. The van der Waals surface area contributed by atoms with Crippen LogP contribution in [0.1, 0.15) is 38.7 Å². The summed E-state index contributed by atoms with van der Waals surface area (Å²) in [5.41, 5.74) is 4.85. The molecular formula is C20H27BrN2O6. The fourth-order valence-electron chi connectivity index (χ4n) is 2.59. The lowest BCUT2D eigenvalue weighted by Crippen LogP contribution is -2.65. The zero-order chi connectivity index (χ0) is 22.0. The molecule has 0 radical (unpaired) electrons. The van der Waals surface area contributed by atoms with Gasteiger partial charge in [0.15, 0.2) is 5.54 Å². The zero-order valence-electron chi connectivity index (χ0n) is 16.5. The number of rotatable bonds is 12. The number of hydrogen-bond donors (Lipinski definition) is 3. The van der Waals surface area contributed by atoms with Gasteiger partial charge < -0.3 is 20.9 Å². The molecular weight excluding hydrogens is 444 g/mol. The van der Waals surface area contributed by atoms with Crippen LogP contribution >= 0.6 is 15.9 Å². The molecule has 8 nitrogen and oxygen atoms in total. The van der Waals surface area contributed by atoms with Crippen molar-refractivity contribution in [2.75, 3.05) is 5.33 Å². The van der Waals surface area contributed by atoms with Gasteiger partial charge in [-0.1, -0.05) is 66.5 Å². The van der Waals surface area contributed by atoms with Crippen LogP contribution in [-0.2, 0) is 30.5 Å². The van der Waals surface area contributed by atoms with E-state index in [0.717, 1.165) is 5.56 Å². The molecule has 0 saturated carbocycles. The van der Waals surface area contributed by atoms with Crippen LogP contribution in [0.4, 0.5) is 0 Å². The summed E-state index contributed by atoms with van der Waals surface area (Å²) >= 11 is 3.00. The summed E-state index contributed by atoms with van der Waals surface area (Å²) in [6.45, 7) is 3.31. The Kier molecular flexibility index (Phi) is 9.97. The van der Waals surface area contributed by atoms with E-state index < -0.39 is 35.3 Å². The molecule has 0 aliphatic carbocycles. The molecule has 1 aromatic rings. The SMILES string of the molecule is CC[C@H](C)[C@](N)(C(=O)N[C@@H](CCC(=O)CBr)C(=O)O)C(=O)OCc1ccccc1. The van der Waals surface area contributed by atoms with Crippen LogP contribution in [-0.4, -0.2) is 45.6 Å². The summed E-state index contributed by atoms with van der Waals surface area (Å²) in [5.74, 6) is -4.00. The van der Waals surface area contributed by atoms with E-state index >= 15 is 0 Å². The average Bonchev–Trinajstić information content (AvgIpc) is 2.73. The number of hydrogen-bond acceptors (Lipinski definition) is 6. The molecule has 4 N–H and O–H groups in total. The Bertz CT molecular complexity index is 727. The number of ketones is 1. The highest BCUT2D eigenvalue weighted by molar-refractivity contribution is 9.09. The van der Waals surface area contributed by atoms with Crippen molar-refractivity contribution in [3.63, 3.8) is 0 Å². The van der Waals surface area contributed by atoms with Gasteiger partial charge in [-0.15, -0.1) is 0 Å². The van der Waals surface area contributed by atoms with Gasteiger partial charge in [-0.05, 0) is 17.9 Å². The number of amides is 1. The van der Waals surface area contributed by atoms with E-state index in [4.69, 9.17) is 10.5 Å². The summed E-state index contributed by atoms with van der Waals surface area (Å²) in [4.78, 5) is 48.5. The normalized spacial score (nSPS) is 14.9. The number of alkyl halides is 1. The third-order valence-corrected chi connectivity index (χ3v) is 5.41. The van der Waals surface area contributed by atoms with Crippen LogP contribution in [0.2, 0.25) is 0 Å². The second-order valence-corrected chi connectivity index (χ2v) is 7.38. The van der Waals surface area contributed by atoms with Crippen LogP contribution < -0.4 is 11.1 Å². The molecule has 3 atom stereocenters. The van der Waals surface area contributed by atoms with Gasteiger partial charge in [0.2, 0.25) is 0 Å². The topological polar surface area (TPSA) is 136 Å². The van der Waals surface area contributed by atoms with E-state index in [0.29, 0.717) is 6.42 Å². The van der Waals surface area contributed by atoms with E-state index in [9.17, 15) is 24.3 Å². The molecule has 0 aliphatic rings. The van der Waals surface area contributed by atoms with E-state index in [-0.39, 0.29) is 30.6 Å². The number of ether oxygens (including phenoxy) is 1. The van der Waals surface area contributed by atoms with Gasteiger partial charge in [-0.3, -0.25) is 9.59 Å². The van der Waals surface area contributed by atoms with Crippen LogP contribution in [0, 0.1) is 5.92 Å². The van der Waals surface area contributed by atoms with E-state index in [1.54, 1.807) is 38.1 Å². The minimum atomic E-state index is -2.06. The number of carbonyl (C=O) groups is 4. The Morgan fingerprint density at radius 2 is 1.86 bits per heavy atom. The van der Waals surface area contributed by atoms with Crippen molar-refractivity contribution in [1.29, 1.82) is 0 Å². The lowest BCUT2D eigenvalue weighted by molar-refractivity contribution is -0.159. The summed E-state index contributed by atoms with van der Waals surface area (Å²) < 4.78 is 5.26. The maximum Gasteiger partial charge on any atom is 0.336 e. The van der Waals surface area contributed by atoms with Gasteiger partial charge in [0.1, 0.15) is 18.4 Å². The first-order chi connectivity index (χ1) is 13.7. The molecule has 160 valence electrons. The van der Waals surface area contributed by atoms with E-state index in [1.807, 2.05) is 6.07 Å². The number of aliphatic carboxylic acids is 1. The summed E-state index contributed by atoms with van der Waals surface area (Å²) in [6.07, 6.45) is 0.243. The third kappa shape index (κ3) is 6.93. The van der Waals surface area contributed by atoms with Crippen molar-refractivity contribution in [2.24, 2.45) is 11.7 Å². The standard InChI is InChI=1S/C20H27BrN2O6/c1-3-13(2)20(22,19(28)29-12-14-7-5-4-6-8-14)18(27)23-16(17(25)26)10-9-15(24)11-21/h4-8,13,16H,3,9-12,22H2,1-2H3,(H,23,27)(H,25,26)/t13-,16-,20-/m0/s1. The van der Waals surface area contributed by atoms with Crippen LogP contribution in [0.3, 0.4) is 0 Å². The maximum absolute atomic E-state index is 12.9. The molecule has 0 unspecified atom stereocenters. The molecule has 0 fully saturated rings. The highest BCUT2D eigenvalue weighted by Crippen LogP contribution is 2.22. The lowest BCUT2D eigenvalue weighted by atomic mass is 9.83. The van der Waals surface area contributed by atoms with Crippen molar-refractivity contribution < 1.29 is 29.0 Å². The largest absolute Gasteiger partial charge is 0.480 e. The van der Waals surface area contributed by atoms with Crippen LogP contribution in [0.5, 0.6) is 0 Å². The summed E-state index contributed by atoms with van der Waals surface area (Å²) in [6, 6.07) is 7.56. The first kappa shape index (κ1) is 24.8. The minimum Gasteiger partial charge on any atom is -0.480 e. The number of benzene rings is 1. The molecule has 9 heteroatoms. The van der Waals surface area contributed by atoms with Crippen molar-refractivity contribution in [1.82, 2.24) is 5.32 Å². The number of carbonyl (C=O) groups excluding carboxylic acids is 3. The van der Waals surface area contributed by atoms with Crippen molar-refractivity contribution >= 4 is 39.6 Å². The quantitative estimate of drug-likeness (QED) is 0.240. The number of carboxylic acid groups (broad SMARTS) is 1. The Hall–Kier alpha value is -2.26. The highest BCUT2D eigenvalue weighted by Gasteiger charge is 2.48. The number of carboxylic acids is 1. The third-order valence-electron chi connectivity index (χ3n) is 4.78.